The zero-order valence-corrected chi connectivity index (χ0v) is 13.3. The lowest BCUT2D eigenvalue weighted by atomic mass is 9.75. The fraction of sp³-hybridized carbons (Fsp3) is 0.688. The Balaban J connectivity index is 2.03. The van der Waals surface area contributed by atoms with Crippen molar-refractivity contribution in [2.45, 2.75) is 38.3 Å². The third-order valence-electron chi connectivity index (χ3n) is 4.54. The number of aromatic nitrogens is 1. The van der Waals surface area contributed by atoms with Gasteiger partial charge in [-0.2, -0.15) is 0 Å². The number of hydrogen-bond donors (Lipinski definition) is 1. The van der Waals surface area contributed by atoms with Crippen LogP contribution in [0.3, 0.4) is 0 Å². The van der Waals surface area contributed by atoms with Crippen molar-refractivity contribution in [1.29, 1.82) is 0 Å². The topological polar surface area (TPSA) is 31.4 Å². The molecule has 0 atom stereocenters. The number of likely N-dealkylation sites (N-methyl/N-ethyl adjacent to an activating group) is 2. The van der Waals surface area contributed by atoms with Gasteiger partial charge in [-0.15, -0.1) is 0 Å². The van der Waals surface area contributed by atoms with Crippen LogP contribution in [0.5, 0.6) is 0 Å². The smallest absolute Gasteiger partial charge is 0.128 e. The molecule has 4 heteroatoms. The third kappa shape index (κ3) is 3.30. The molecular formula is C16H28N4. The molecule has 2 rings (SSSR count). The van der Waals surface area contributed by atoms with Crippen LogP contribution in [0.15, 0.2) is 18.3 Å². The van der Waals surface area contributed by atoms with E-state index in [4.69, 9.17) is 0 Å². The van der Waals surface area contributed by atoms with Crippen LogP contribution in [0, 0.1) is 0 Å². The van der Waals surface area contributed by atoms with E-state index in [1.54, 1.807) is 0 Å². The van der Waals surface area contributed by atoms with E-state index in [2.05, 4.69) is 60.3 Å². The van der Waals surface area contributed by atoms with Crippen LogP contribution >= 0.6 is 0 Å². The van der Waals surface area contributed by atoms with Crippen molar-refractivity contribution in [3.63, 3.8) is 0 Å². The maximum Gasteiger partial charge on any atom is 0.128 e. The SMILES string of the molecule is CCNCc1ccnc(N(C)CC2(N(C)C)CCC2)c1. The highest BCUT2D eigenvalue weighted by Crippen LogP contribution is 2.37. The standard InChI is InChI=1S/C16H28N4/c1-5-17-12-14-7-10-18-15(11-14)20(4)13-16(19(2)3)8-6-9-16/h7,10-11,17H,5-6,8-9,12-13H2,1-4H3. The minimum atomic E-state index is 0.341. The highest BCUT2D eigenvalue weighted by molar-refractivity contribution is 5.41. The molecule has 0 saturated heterocycles. The summed E-state index contributed by atoms with van der Waals surface area (Å²) in [6.07, 6.45) is 5.85. The first kappa shape index (κ1) is 15.3. The van der Waals surface area contributed by atoms with Gasteiger partial charge in [-0.1, -0.05) is 6.92 Å². The molecule has 1 aromatic heterocycles. The van der Waals surface area contributed by atoms with Crippen LogP contribution in [-0.4, -0.2) is 49.7 Å². The molecule has 1 N–H and O–H groups in total. The first-order valence-corrected chi connectivity index (χ1v) is 7.61. The van der Waals surface area contributed by atoms with Crippen molar-refractivity contribution in [1.82, 2.24) is 15.2 Å². The maximum absolute atomic E-state index is 4.53. The van der Waals surface area contributed by atoms with Crippen molar-refractivity contribution < 1.29 is 0 Å². The Morgan fingerprint density at radius 1 is 1.30 bits per heavy atom. The first-order valence-electron chi connectivity index (χ1n) is 7.61. The highest BCUT2D eigenvalue weighted by atomic mass is 15.2. The maximum atomic E-state index is 4.53. The summed E-state index contributed by atoms with van der Waals surface area (Å²) in [6, 6.07) is 4.29. The molecule has 1 saturated carbocycles. The van der Waals surface area contributed by atoms with E-state index in [0.717, 1.165) is 25.5 Å². The molecule has 1 aliphatic rings. The molecule has 0 amide bonds. The fourth-order valence-corrected chi connectivity index (χ4v) is 2.90. The Morgan fingerprint density at radius 2 is 2.05 bits per heavy atom. The zero-order chi connectivity index (χ0) is 14.6. The highest BCUT2D eigenvalue weighted by Gasteiger charge is 2.40. The molecule has 0 aromatic carbocycles. The van der Waals surface area contributed by atoms with Crippen molar-refractivity contribution in [2.24, 2.45) is 0 Å². The number of anilines is 1. The van der Waals surface area contributed by atoms with Crippen molar-refractivity contribution in [3.8, 4) is 0 Å². The van der Waals surface area contributed by atoms with Gasteiger partial charge in [0.1, 0.15) is 5.82 Å². The number of rotatable bonds is 7. The van der Waals surface area contributed by atoms with Crippen molar-refractivity contribution in [3.05, 3.63) is 23.9 Å². The van der Waals surface area contributed by atoms with Gasteiger partial charge in [0.15, 0.2) is 0 Å². The quantitative estimate of drug-likeness (QED) is 0.826. The van der Waals surface area contributed by atoms with Crippen LogP contribution in [0.4, 0.5) is 5.82 Å². The fourth-order valence-electron chi connectivity index (χ4n) is 2.90. The van der Waals surface area contributed by atoms with E-state index in [-0.39, 0.29) is 0 Å². The monoisotopic (exact) mass is 276 g/mol. The minimum Gasteiger partial charge on any atom is -0.358 e. The summed E-state index contributed by atoms with van der Waals surface area (Å²) in [6.45, 7) is 5.10. The average molecular weight is 276 g/mol. The number of hydrogen-bond acceptors (Lipinski definition) is 4. The van der Waals surface area contributed by atoms with E-state index in [1.807, 2.05) is 6.20 Å². The Labute approximate surface area is 123 Å². The van der Waals surface area contributed by atoms with Crippen LogP contribution in [0.25, 0.3) is 0 Å². The van der Waals surface area contributed by atoms with E-state index >= 15 is 0 Å². The second-order valence-corrected chi connectivity index (χ2v) is 6.13. The zero-order valence-electron chi connectivity index (χ0n) is 13.3. The van der Waals surface area contributed by atoms with Gasteiger partial charge in [0, 0.05) is 31.9 Å². The Bertz CT molecular complexity index is 426. The second-order valence-electron chi connectivity index (χ2n) is 6.13. The molecule has 4 nitrogen and oxygen atoms in total. The van der Waals surface area contributed by atoms with E-state index < -0.39 is 0 Å². The van der Waals surface area contributed by atoms with Gasteiger partial charge in [-0.05, 0) is 57.6 Å². The van der Waals surface area contributed by atoms with Gasteiger partial charge >= 0.3 is 0 Å². The summed E-state index contributed by atoms with van der Waals surface area (Å²) >= 11 is 0. The van der Waals surface area contributed by atoms with Crippen LogP contribution in [-0.2, 0) is 6.54 Å². The second kappa shape index (κ2) is 6.55. The largest absolute Gasteiger partial charge is 0.358 e. The molecule has 20 heavy (non-hydrogen) atoms. The molecular weight excluding hydrogens is 248 g/mol. The third-order valence-corrected chi connectivity index (χ3v) is 4.54. The van der Waals surface area contributed by atoms with Gasteiger partial charge in [0.2, 0.25) is 0 Å². The number of pyridine rings is 1. The lowest BCUT2D eigenvalue weighted by Gasteiger charge is -2.49. The van der Waals surface area contributed by atoms with Crippen LogP contribution in [0.2, 0.25) is 0 Å². The van der Waals surface area contributed by atoms with Crippen molar-refractivity contribution in [2.75, 3.05) is 39.1 Å². The Morgan fingerprint density at radius 3 is 2.60 bits per heavy atom. The summed E-state index contributed by atoms with van der Waals surface area (Å²) in [5.74, 6) is 1.08. The molecule has 0 aliphatic heterocycles. The van der Waals surface area contributed by atoms with E-state index in [0.29, 0.717) is 5.54 Å². The Hall–Kier alpha value is -1.13. The molecule has 0 spiro atoms. The molecule has 1 heterocycles. The minimum absolute atomic E-state index is 0.341. The number of nitrogens with zero attached hydrogens (tertiary/aromatic N) is 3. The molecule has 112 valence electrons. The van der Waals surface area contributed by atoms with Gasteiger partial charge in [0.05, 0.1) is 0 Å². The van der Waals surface area contributed by atoms with E-state index in [9.17, 15) is 0 Å². The van der Waals surface area contributed by atoms with E-state index in [1.165, 1.54) is 24.8 Å². The first-order chi connectivity index (χ1) is 9.57. The molecule has 0 bridgehead atoms. The van der Waals surface area contributed by atoms with Gasteiger partial charge < -0.3 is 15.1 Å². The predicted molar refractivity (Wildman–Crippen MR) is 85.2 cm³/mol. The molecule has 1 aliphatic carbocycles. The lowest BCUT2D eigenvalue weighted by Crippen LogP contribution is -2.56. The molecule has 0 radical (unpaired) electrons. The Kier molecular flexibility index (Phi) is 5.00. The molecule has 1 aromatic rings. The number of nitrogens with one attached hydrogen (secondary N) is 1. The summed E-state index contributed by atoms with van der Waals surface area (Å²) in [5, 5.41) is 3.36. The van der Waals surface area contributed by atoms with Gasteiger partial charge in [-0.3, -0.25) is 0 Å². The molecule has 1 fully saturated rings. The van der Waals surface area contributed by atoms with Crippen molar-refractivity contribution >= 4 is 5.82 Å². The van der Waals surface area contributed by atoms with Crippen LogP contribution < -0.4 is 10.2 Å². The van der Waals surface area contributed by atoms with Gasteiger partial charge in [0.25, 0.3) is 0 Å². The average Bonchev–Trinajstić information content (AvgIpc) is 2.40. The lowest BCUT2D eigenvalue weighted by molar-refractivity contribution is 0.0682. The summed E-state index contributed by atoms with van der Waals surface area (Å²) in [5.41, 5.74) is 1.64. The van der Waals surface area contributed by atoms with Gasteiger partial charge in [-0.25, -0.2) is 4.98 Å². The molecule has 0 unspecified atom stereocenters. The predicted octanol–water partition coefficient (Wildman–Crippen LogP) is 2.11. The van der Waals surface area contributed by atoms with Crippen LogP contribution in [0.1, 0.15) is 31.7 Å². The summed E-state index contributed by atoms with van der Waals surface area (Å²) in [7, 11) is 6.55. The summed E-state index contributed by atoms with van der Waals surface area (Å²) < 4.78 is 0. The summed E-state index contributed by atoms with van der Waals surface area (Å²) in [4.78, 5) is 9.21. The normalized spacial score (nSPS) is 17.1.